The molecule has 3 aromatic rings. The van der Waals surface area contributed by atoms with Crippen LogP contribution in [0.2, 0.25) is 5.02 Å². The maximum absolute atomic E-state index is 13.6. The molecule has 4 rings (SSSR count). The highest BCUT2D eigenvalue weighted by Crippen LogP contribution is 2.39. The van der Waals surface area contributed by atoms with Crippen LogP contribution in [0.1, 0.15) is 23.6 Å². The van der Waals surface area contributed by atoms with E-state index in [0.717, 1.165) is 33.1 Å². The Morgan fingerprint density at radius 1 is 1.08 bits per heavy atom. The largest absolute Gasteiger partial charge is 0.452 e. The molecule has 1 unspecified atom stereocenters. The van der Waals surface area contributed by atoms with E-state index in [1.807, 2.05) is 37.3 Å². The number of halogens is 5. The van der Waals surface area contributed by atoms with Crippen LogP contribution in [0.15, 0.2) is 82.4 Å². The molecule has 0 bridgehead atoms. The van der Waals surface area contributed by atoms with Crippen LogP contribution in [-0.2, 0) is 16.3 Å². The van der Waals surface area contributed by atoms with E-state index in [2.05, 4.69) is 21.0 Å². The van der Waals surface area contributed by atoms with Crippen molar-refractivity contribution in [1.29, 1.82) is 0 Å². The quantitative estimate of drug-likeness (QED) is 0.316. The standard InChI is InChI=1S/C26H20BrClF3N3O3/c1-25(17-6-4-3-5-7-17)15-33(23(35)34(24(36)37-2)19-11-9-18(27)10-12-19)32-22(25)16-8-13-20(21(28)14-16)26(29,30)31/h3-14H,15H2,1-2H3. The van der Waals surface area contributed by atoms with Gasteiger partial charge >= 0.3 is 18.3 Å². The molecule has 37 heavy (non-hydrogen) atoms. The Morgan fingerprint density at radius 2 is 1.73 bits per heavy atom. The first-order valence-electron chi connectivity index (χ1n) is 10.9. The van der Waals surface area contributed by atoms with Crippen molar-refractivity contribution < 1.29 is 27.5 Å². The number of anilines is 1. The van der Waals surface area contributed by atoms with Crippen molar-refractivity contribution >= 4 is 51.1 Å². The summed E-state index contributed by atoms with van der Waals surface area (Å²) in [5, 5.41) is 5.12. The number of rotatable bonds is 3. The summed E-state index contributed by atoms with van der Waals surface area (Å²) in [6.07, 6.45) is -5.54. The zero-order valence-corrected chi connectivity index (χ0v) is 21.9. The van der Waals surface area contributed by atoms with Gasteiger partial charge in [-0.3, -0.25) is 0 Å². The Balaban J connectivity index is 1.81. The maximum atomic E-state index is 13.6. The fourth-order valence-corrected chi connectivity index (χ4v) is 4.70. The predicted octanol–water partition coefficient (Wildman–Crippen LogP) is 7.49. The average molecular weight is 595 g/mol. The number of carbonyl (C=O) groups is 2. The van der Waals surface area contributed by atoms with Crippen LogP contribution in [-0.4, -0.2) is 36.5 Å². The Kier molecular flexibility index (Phi) is 7.34. The van der Waals surface area contributed by atoms with Crippen molar-refractivity contribution in [2.75, 3.05) is 18.6 Å². The summed E-state index contributed by atoms with van der Waals surface area (Å²) in [7, 11) is 1.15. The fourth-order valence-electron chi connectivity index (χ4n) is 4.14. The lowest BCUT2D eigenvalue weighted by atomic mass is 9.76. The average Bonchev–Trinajstić information content (AvgIpc) is 3.23. The second kappa shape index (κ2) is 10.2. The van der Waals surface area contributed by atoms with E-state index in [1.54, 1.807) is 24.3 Å². The first kappa shape index (κ1) is 26.7. The van der Waals surface area contributed by atoms with Crippen molar-refractivity contribution in [3.05, 3.63) is 99.0 Å². The molecule has 1 heterocycles. The molecule has 0 saturated carbocycles. The topological polar surface area (TPSA) is 62.2 Å². The molecule has 11 heteroatoms. The summed E-state index contributed by atoms with van der Waals surface area (Å²) in [5.41, 5.74) is -0.244. The smallest absolute Gasteiger partial charge is 0.422 e. The molecule has 0 spiro atoms. The van der Waals surface area contributed by atoms with E-state index >= 15 is 0 Å². The molecule has 192 valence electrons. The second-order valence-corrected chi connectivity index (χ2v) is 9.78. The van der Waals surface area contributed by atoms with Gasteiger partial charge in [0.2, 0.25) is 0 Å². The monoisotopic (exact) mass is 593 g/mol. The predicted molar refractivity (Wildman–Crippen MR) is 138 cm³/mol. The molecule has 0 aliphatic carbocycles. The lowest BCUT2D eigenvalue weighted by Crippen LogP contribution is -2.46. The van der Waals surface area contributed by atoms with Gasteiger partial charge in [-0.1, -0.05) is 63.9 Å². The number of hydrogen-bond acceptors (Lipinski definition) is 4. The van der Waals surface area contributed by atoms with E-state index in [1.165, 1.54) is 12.1 Å². The Hall–Kier alpha value is -3.37. The Bertz CT molecular complexity index is 1370. The molecule has 0 fully saturated rings. The van der Waals surface area contributed by atoms with Gasteiger partial charge in [-0.25, -0.2) is 14.6 Å². The van der Waals surface area contributed by atoms with Crippen molar-refractivity contribution in [2.24, 2.45) is 5.10 Å². The molecular formula is C26H20BrClF3N3O3. The number of ether oxygens (including phenoxy) is 1. The molecule has 1 atom stereocenters. The molecule has 0 radical (unpaired) electrons. The van der Waals surface area contributed by atoms with Gasteiger partial charge < -0.3 is 4.74 Å². The maximum Gasteiger partial charge on any atom is 0.422 e. The third-order valence-electron chi connectivity index (χ3n) is 6.02. The molecule has 3 aromatic carbocycles. The van der Waals surface area contributed by atoms with Crippen molar-refractivity contribution in [3.63, 3.8) is 0 Å². The molecule has 6 nitrogen and oxygen atoms in total. The highest BCUT2D eigenvalue weighted by Gasteiger charge is 2.45. The Labute approximate surface area is 224 Å². The third-order valence-corrected chi connectivity index (χ3v) is 6.86. The first-order valence-corrected chi connectivity index (χ1v) is 12.1. The number of hydrogen-bond donors (Lipinski definition) is 0. The van der Waals surface area contributed by atoms with Crippen LogP contribution in [0.25, 0.3) is 0 Å². The van der Waals surface area contributed by atoms with Gasteiger partial charge in [0.05, 0.1) is 41.1 Å². The highest BCUT2D eigenvalue weighted by molar-refractivity contribution is 9.10. The third kappa shape index (κ3) is 5.21. The number of urea groups is 1. The SMILES string of the molecule is COC(=O)N(C(=O)N1CC(C)(c2ccccc2)C(c2ccc(C(F)(F)F)c(Cl)c2)=N1)c1ccc(Br)cc1. The van der Waals surface area contributed by atoms with Crippen LogP contribution in [0, 0.1) is 0 Å². The second-order valence-electron chi connectivity index (χ2n) is 8.46. The summed E-state index contributed by atoms with van der Waals surface area (Å²) in [4.78, 5) is 27.1. The molecule has 1 aliphatic rings. The van der Waals surface area contributed by atoms with Crippen molar-refractivity contribution in [1.82, 2.24) is 5.01 Å². The minimum atomic E-state index is -4.62. The van der Waals surface area contributed by atoms with Crippen LogP contribution >= 0.6 is 27.5 Å². The zero-order valence-electron chi connectivity index (χ0n) is 19.6. The van der Waals surface area contributed by atoms with Gasteiger partial charge in [-0.2, -0.15) is 23.2 Å². The van der Waals surface area contributed by atoms with Gasteiger partial charge in [0, 0.05) is 10.0 Å². The molecule has 0 saturated heterocycles. The minimum absolute atomic E-state index is 0.00778. The van der Waals surface area contributed by atoms with Crippen LogP contribution in [0.3, 0.4) is 0 Å². The van der Waals surface area contributed by atoms with E-state index in [9.17, 15) is 22.8 Å². The van der Waals surface area contributed by atoms with Crippen molar-refractivity contribution in [2.45, 2.75) is 18.5 Å². The van der Waals surface area contributed by atoms with E-state index in [-0.39, 0.29) is 12.2 Å². The van der Waals surface area contributed by atoms with Crippen molar-refractivity contribution in [3.8, 4) is 0 Å². The number of benzene rings is 3. The van der Waals surface area contributed by atoms with Crippen LogP contribution in [0.4, 0.5) is 28.4 Å². The highest BCUT2D eigenvalue weighted by atomic mass is 79.9. The molecule has 0 N–H and O–H groups in total. The first-order chi connectivity index (χ1) is 17.5. The number of alkyl halides is 3. The number of nitrogens with zero attached hydrogens (tertiary/aromatic N) is 3. The summed E-state index contributed by atoms with van der Waals surface area (Å²) >= 11 is 9.32. The Morgan fingerprint density at radius 3 is 2.30 bits per heavy atom. The summed E-state index contributed by atoms with van der Waals surface area (Å²) in [6, 6.07) is 18.1. The summed E-state index contributed by atoms with van der Waals surface area (Å²) < 4.78 is 45.5. The number of methoxy groups -OCH3 is 1. The van der Waals surface area contributed by atoms with Gasteiger partial charge in [-0.05, 0) is 48.9 Å². The number of imide groups is 1. The lowest BCUT2D eigenvalue weighted by Gasteiger charge is -2.28. The van der Waals surface area contributed by atoms with Crippen LogP contribution < -0.4 is 4.90 Å². The van der Waals surface area contributed by atoms with Gasteiger partial charge in [0.15, 0.2) is 0 Å². The van der Waals surface area contributed by atoms with Gasteiger partial charge in [0.1, 0.15) is 0 Å². The van der Waals surface area contributed by atoms with Gasteiger partial charge in [-0.15, -0.1) is 0 Å². The van der Waals surface area contributed by atoms with E-state index in [4.69, 9.17) is 16.3 Å². The number of hydrazone groups is 1. The minimum Gasteiger partial charge on any atom is -0.452 e. The zero-order chi connectivity index (χ0) is 27.0. The van der Waals surface area contributed by atoms with Crippen LogP contribution in [0.5, 0.6) is 0 Å². The molecule has 0 aromatic heterocycles. The molecular weight excluding hydrogens is 575 g/mol. The fraction of sp³-hybridized carbons (Fsp3) is 0.192. The molecule has 1 aliphatic heterocycles. The number of amides is 3. The summed E-state index contributed by atoms with van der Waals surface area (Å²) in [6.45, 7) is 1.83. The number of carbonyl (C=O) groups excluding carboxylic acids is 2. The summed E-state index contributed by atoms with van der Waals surface area (Å²) in [5.74, 6) is 0. The molecule has 3 amide bonds. The lowest BCUT2D eigenvalue weighted by molar-refractivity contribution is -0.137. The van der Waals surface area contributed by atoms with E-state index in [0.29, 0.717) is 11.3 Å². The van der Waals surface area contributed by atoms with Gasteiger partial charge in [0.25, 0.3) is 0 Å². The normalized spacial score (nSPS) is 17.4. The van der Waals surface area contributed by atoms with E-state index < -0.39 is 34.3 Å².